The van der Waals surface area contributed by atoms with E-state index in [-0.39, 0.29) is 10.6 Å². The van der Waals surface area contributed by atoms with Crippen molar-refractivity contribution in [2.24, 2.45) is 4.99 Å². The predicted molar refractivity (Wildman–Crippen MR) is 129 cm³/mol. The Morgan fingerprint density at radius 2 is 1.82 bits per heavy atom. The molecule has 1 fully saturated rings. The van der Waals surface area contributed by atoms with Crippen LogP contribution in [0.2, 0.25) is 5.02 Å². The lowest BCUT2D eigenvalue weighted by Crippen LogP contribution is -2.42. The summed E-state index contributed by atoms with van der Waals surface area (Å²) in [5.41, 5.74) is 4.58. The number of hydrogen-bond acceptors (Lipinski definition) is 5. The van der Waals surface area contributed by atoms with E-state index in [2.05, 4.69) is 39.9 Å². The van der Waals surface area contributed by atoms with Crippen molar-refractivity contribution in [3.63, 3.8) is 0 Å². The van der Waals surface area contributed by atoms with Crippen molar-refractivity contribution in [2.75, 3.05) is 38.6 Å². The van der Waals surface area contributed by atoms with Crippen molar-refractivity contribution in [3.8, 4) is 0 Å². The van der Waals surface area contributed by atoms with E-state index < -0.39 is 11.6 Å². The number of piperidine rings is 1. The molecule has 33 heavy (non-hydrogen) atoms. The smallest absolute Gasteiger partial charge is 0.144 e. The first kappa shape index (κ1) is 21.9. The van der Waals surface area contributed by atoms with Gasteiger partial charge in [-0.15, -0.1) is 0 Å². The van der Waals surface area contributed by atoms with E-state index in [0.717, 1.165) is 48.7 Å². The van der Waals surface area contributed by atoms with Gasteiger partial charge < -0.3 is 9.80 Å². The summed E-state index contributed by atoms with van der Waals surface area (Å²) < 4.78 is 28.2. The van der Waals surface area contributed by atoms with E-state index >= 15 is 0 Å². The van der Waals surface area contributed by atoms with Crippen molar-refractivity contribution in [3.05, 3.63) is 70.5 Å². The molecule has 0 unspecified atom stereocenters. The SMILES string of the molecule is CN(C)C1CCN(c2cnc3ccc(C4=CCN=C4c4cc(Cl)c(F)cc4F)nc3c2)CC1. The Morgan fingerprint density at radius 3 is 2.58 bits per heavy atom. The second-order valence-electron chi connectivity index (χ2n) is 8.66. The Balaban J connectivity index is 1.45. The first-order valence-electron chi connectivity index (χ1n) is 11.0. The number of benzene rings is 1. The highest BCUT2D eigenvalue weighted by Crippen LogP contribution is 2.30. The van der Waals surface area contributed by atoms with Gasteiger partial charge >= 0.3 is 0 Å². The van der Waals surface area contributed by atoms with Gasteiger partial charge in [0.05, 0.1) is 45.9 Å². The van der Waals surface area contributed by atoms with Crippen LogP contribution in [0.4, 0.5) is 14.5 Å². The zero-order chi connectivity index (χ0) is 23.1. The fourth-order valence-corrected chi connectivity index (χ4v) is 4.69. The Hall–Kier alpha value is -2.90. The molecule has 2 aromatic heterocycles. The second-order valence-corrected chi connectivity index (χ2v) is 9.07. The summed E-state index contributed by atoms with van der Waals surface area (Å²) in [5, 5.41) is -0.140. The van der Waals surface area contributed by atoms with Crippen LogP contribution in [0.25, 0.3) is 16.6 Å². The third-order valence-corrected chi connectivity index (χ3v) is 6.71. The van der Waals surface area contributed by atoms with Crippen LogP contribution in [-0.2, 0) is 0 Å². The Morgan fingerprint density at radius 1 is 1.03 bits per heavy atom. The number of aliphatic imine (C=N–C) groups is 1. The topological polar surface area (TPSA) is 44.6 Å². The Bertz CT molecular complexity index is 1280. The zero-order valence-corrected chi connectivity index (χ0v) is 19.3. The highest BCUT2D eigenvalue weighted by molar-refractivity contribution is 6.35. The Labute approximate surface area is 196 Å². The molecule has 170 valence electrons. The molecule has 1 aromatic carbocycles. The van der Waals surface area contributed by atoms with Crippen LogP contribution >= 0.6 is 11.6 Å². The predicted octanol–water partition coefficient (Wildman–Crippen LogP) is 4.98. The van der Waals surface area contributed by atoms with Gasteiger partial charge in [-0.3, -0.25) is 9.98 Å². The molecule has 8 heteroatoms. The number of nitrogens with zero attached hydrogens (tertiary/aromatic N) is 5. The average Bonchev–Trinajstić information content (AvgIpc) is 3.30. The maximum Gasteiger partial charge on any atom is 0.144 e. The van der Waals surface area contributed by atoms with Gasteiger partial charge in [-0.1, -0.05) is 17.7 Å². The number of allylic oxidation sites excluding steroid dienone is 1. The molecule has 0 amide bonds. The molecule has 4 heterocycles. The number of fused-ring (bicyclic) bond motifs is 1. The van der Waals surface area contributed by atoms with Crippen LogP contribution in [0.5, 0.6) is 0 Å². The summed E-state index contributed by atoms with van der Waals surface area (Å²) in [6, 6.07) is 8.50. The van der Waals surface area contributed by atoms with Gasteiger partial charge in [0.25, 0.3) is 0 Å². The van der Waals surface area contributed by atoms with Crippen LogP contribution in [-0.4, -0.2) is 60.4 Å². The first-order valence-corrected chi connectivity index (χ1v) is 11.4. The molecule has 3 aromatic rings. The van der Waals surface area contributed by atoms with Gasteiger partial charge in [-0.2, -0.15) is 0 Å². The number of rotatable bonds is 4. The molecule has 2 aliphatic rings. The maximum atomic E-state index is 14.5. The monoisotopic (exact) mass is 467 g/mol. The van der Waals surface area contributed by atoms with Crippen LogP contribution in [0.1, 0.15) is 24.1 Å². The Kier molecular flexibility index (Phi) is 5.85. The summed E-state index contributed by atoms with van der Waals surface area (Å²) >= 11 is 5.91. The number of hydrogen-bond donors (Lipinski definition) is 0. The molecule has 0 bridgehead atoms. The highest BCUT2D eigenvalue weighted by atomic mass is 35.5. The number of pyridine rings is 2. The van der Waals surface area contributed by atoms with E-state index in [9.17, 15) is 8.78 Å². The van der Waals surface area contributed by atoms with Gasteiger partial charge in [0.2, 0.25) is 0 Å². The van der Waals surface area contributed by atoms with Crippen molar-refractivity contribution >= 4 is 39.6 Å². The summed E-state index contributed by atoms with van der Waals surface area (Å²) in [4.78, 5) is 18.5. The van der Waals surface area contributed by atoms with E-state index in [1.165, 1.54) is 6.07 Å². The van der Waals surface area contributed by atoms with Crippen molar-refractivity contribution in [2.45, 2.75) is 18.9 Å². The number of halogens is 3. The average molecular weight is 468 g/mol. The quantitative estimate of drug-likeness (QED) is 0.508. The molecule has 0 atom stereocenters. The third-order valence-electron chi connectivity index (χ3n) is 6.42. The molecular weight excluding hydrogens is 444 g/mol. The third kappa shape index (κ3) is 4.23. The summed E-state index contributed by atoms with van der Waals surface area (Å²) in [6.45, 7) is 2.35. The van der Waals surface area contributed by atoms with Gasteiger partial charge in [-0.25, -0.2) is 13.8 Å². The lowest BCUT2D eigenvalue weighted by atomic mass is 9.99. The zero-order valence-electron chi connectivity index (χ0n) is 18.5. The minimum atomic E-state index is -0.793. The van der Waals surface area contributed by atoms with Crippen LogP contribution in [0, 0.1) is 11.6 Å². The van der Waals surface area contributed by atoms with Gasteiger partial charge in [0.1, 0.15) is 11.6 Å². The maximum absolute atomic E-state index is 14.5. The first-order chi connectivity index (χ1) is 15.9. The normalized spacial score (nSPS) is 17.1. The van der Waals surface area contributed by atoms with Gasteiger partial charge in [-0.05, 0) is 51.2 Å². The number of aromatic nitrogens is 2. The summed E-state index contributed by atoms with van der Waals surface area (Å²) in [7, 11) is 4.26. The van der Waals surface area contributed by atoms with Crippen molar-refractivity contribution < 1.29 is 8.78 Å². The fraction of sp³-hybridized carbons (Fsp3) is 0.320. The molecule has 2 aliphatic heterocycles. The second kappa shape index (κ2) is 8.80. The van der Waals surface area contributed by atoms with Crippen molar-refractivity contribution in [1.82, 2.24) is 14.9 Å². The molecule has 0 radical (unpaired) electrons. The molecule has 0 spiro atoms. The minimum absolute atomic E-state index is 0.140. The van der Waals surface area contributed by atoms with Crippen LogP contribution < -0.4 is 4.90 Å². The van der Waals surface area contributed by atoms with E-state index in [0.29, 0.717) is 29.6 Å². The van der Waals surface area contributed by atoms with Gasteiger partial charge in [0, 0.05) is 36.3 Å². The fourth-order valence-electron chi connectivity index (χ4n) is 4.53. The van der Waals surface area contributed by atoms with Crippen LogP contribution in [0.3, 0.4) is 0 Å². The van der Waals surface area contributed by atoms with E-state index in [1.54, 1.807) is 0 Å². The van der Waals surface area contributed by atoms with Crippen molar-refractivity contribution in [1.29, 1.82) is 0 Å². The molecule has 5 nitrogen and oxygen atoms in total. The molecular formula is C25H24ClF2N5. The standard InChI is InChI=1S/C25H24ClF2N5/c1-32(2)15-6-9-33(10-7-15)16-11-24-23(30-14-16)4-3-22(31-24)17-5-8-29-25(17)18-12-19(26)21(28)13-20(18)27/h3-5,11-15H,6-10H2,1-2H3. The molecule has 5 rings (SSSR count). The molecule has 0 aliphatic carbocycles. The largest absolute Gasteiger partial charge is 0.370 e. The molecule has 1 saturated heterocycles. The number of anilines is 1. The van der Waals surface area contributed by atoms with Crippen LogP contribution in [0.15, 0.2) is 47.6 Å². The lowest BCUT2D eigenvalue weighted by molar-refractivity contribution is 0.249. The summed E-state index contributed by atoms with van der Waals surface area (Å²) in [6.07, 6.45) is 6.01. The molecule has 0 saturated carbocycles. The lowest BCUT2D eigenvalue weighted by Gasteiger charge is -2.36. The summed E-state index contributed by atoms with van der Waals surface area (Å²) in [5.74, 6) is -1.49. The van der Waals surface area contributed by atoms with E-state index in [4.69, 9.17) is 16.6 Å². The minimum Gasteiger partial charge on any atom is -0.370 e. The van der Waals surface area contributed by atoms with Gasteiger partial charge in [0.15, 0.2) is 0 Å². The van der Waals surface area contributed by atoms with E-state index in [1.807, 2.05) is 24.4 Å². The molecule has 0 N–H and O–H groups in total. The highest BCUT2D eigenvalue weighted by Gasteiger charge is 2.23.